The Morgan fingerprint density at radius 3 is 2.52 bits per heavy atom. The van der Waals surface area contributed by atoms with E-state index in [2.05, 4.69) is 15.4 Å². The summed E-state index contributed by atoms with van der Waals surface area (Å²) in [5.41, 5.74) is 3.37. The number of rotatable bonds is 6. The summed E-state index contributed by atoms with van der Waals surface area (Å²) in [7, 11) is 3.86. The maximum atomic E-state index is 13.1. The second-order valence-corrected chi connectivity index (χ2v) is 7.75. The number of nitrogens with zero attached hydrogens (tertiary/aromatic N) is 4. The normalized spacial score (nSPS) is 10.8. The van der Waals surface area contributed by atoms with Gasteiger partial charge in [-0.05, 0) is 55.8 Å². The first-order chi connectivity index (χ1) is 15.9. The SMILES string of the molecule is CCOC(=O)c1cnn(-c2cc(C)c3ccccc3n2)c1NC(=O)c1ccc(N(C)C)cc1. The predicted octanol–water partition coefficient (Wildman–Crippen LogP) is 4.22. The number of fused-ring (bicyclic) bond motifs is 1. The van der Waals surface area contributed by atoms with E-state index < -0.39 is 5.97 Å². The van der Waals surface area contributed by atoms with Crippen LogP contribution in [-0.4, -0.2) is 47.3 Å². The van der Waals surface area contributed by atoms with Gasteiger partial charge in [0.2, 0.25) is 0 Å². The third-order valence-corrected chi connectivity index (χ3v) is 5.27. The van der Waals surface area contributed by atoms with Crippen LogP contribution in [-0.2, 0) is 4.74 Å². The summed E-state index contributed by atoms with van der Waals surface area (Å²) in [6.45, 7) is 3.91. The fourth-order valence-electron chi connectivity index (χ4n) is 3.53. The van der Waals surface area contributed by atoms with Crippen molar-refractivity contribution in [2.45, 2.75) is 13.8 Å². The molecule has 0 atom stereocenters. The van der Waals surface area contributed by atoms with Gasteiger partial charge in [-0.1, -0.05) is 18.2 Å². The number of aromatic nitrogens is 3. The molecular weight excluding hydrogens is 418 g/mol. The summed E-state index contributed by atoms with van der Waals surface area (Å²) in [6.07, 6.45) is 1.38. The number of amides is 1. The van der Waals surface area contributed by atoms with Crippen molar-refractivity contribution in [3.05, 3.63) is 77.5 Å². The van der Waals surface area contributed by atoms with Gasteiger partial charge in [0, 0.05) is 30.7 Å². The molecule has 0 aliphatic carbocycles. The standard InChI is InChI=1S/C25H25N5O3/c1-5-33-25(32)20-15-26-30(22-14-16(2)19-8-6-7-9-21(19)27-22)23(20)28-24(31)17-10-12-18(13-11-17)29(3)4/h6-15H,5H2,1-4H3,(H,28,31). The molecule has 4 aromatic rings. The highest BCUT2D eigenvalue weighted by Gasteiger charge is 2.23. The maximum Gasteiger partial charge on any atom is 0.343 e. The summed E-state index contributed by atoms with van der Waals surface area (Å²) in [6, 6.07) is 16.8. The van der Waals surface area contributed by atoms with Crippen LogP contribution in [0.25, 0.3) is 16.7 Å². The first-order valence-corrected chi connectivity index (χ1v) is 10.6. The predicted molar refractivity (Wildman–Crippen MR) is 128 cm³/mol. The monoisotopic (exact) mass is 443 g/mol. The zero-order valence-electron chi connectivity index (χ0n) is 19.0. The molecule has 2 aromatic heterocycles. The Morgan fingerprint density at radius 2 is 1.82 bits per heavy atom. The molecule has 0 saturated heterocycles. The molecule has 1 N–H and O–H groups in total. The Hall–Kier alpha value is -4.20. The lowest BCUT2D eigenvalue weighted by Crippen LogP contribution is -2.18. The van der Waals surface area contributed by atoms with Crippen LogP contribution in [0, 0.1) is 6.92 Å². The smallest absolute Gasteiger partial charge is 0.343 e. The van der Waals surface area contributed by atoms with Gasteiger partial charge in [0.05, 0.1) is 18.3 Å². The quantitative estimate of drug-likeness (QED) is 0.449. The van der Waals surface area contributed by atoms with Crippen LogP contribution in [0.5, 0.6) is 0 Å². The Labute approximate surface area is 191 Å². The van der Waals surface area contributed by atoms with Crippen LogP contribution in [0.1, 0.15) is 33.2 Å². The number of esters is 1. The molecular formula is C25H25N5O3. The van der Waals surface area contributed by atoms with Crippen molar-refractivity contribution >= 4 is 34.3 Å². The van der Waals surface area contributed by atoms with Gasteiger partial charge in [-0.25, -0.2) is 9.78 Å². The van der Waals surface area contributed by atoms with Gasteiger partial charge in [0.15, 0.2) is 11.6 Å². The number of hydrogen-bond donors (Lipinski definition) is 1. The Balaban J connectivity index is 1.76. The van der Waals surface area contributed by atoms with E-state index in [4.69, 9.17) is 4.74 Å². The fourth-order valence-corrected chi connectivity index (χ4v) is 3.53. The number of ether oxygens (including phenoxy) is 1. The van der Waals surface area contributed by atoms with Crippen molar-refractivity contribution in [1.29, 1.82) is 0 Å². The molecule has 0 aliphatic heterocycles. The molecule has 1 amide bonds. The summed E-state index contributed by atoms with van der Waals surface area (Å²) in [4.78, 5) is 32.3. The van der Waals surface area contributed by atoms with Gasteiger partial charge >= 0.3 is 5.97 Å². The minimum absolute atomic E-state index is 0.155. The highest BCUT2D eigenvalue weighted by Crippen LogP contribution is 2.25. The van der Waals surface area contributed by atoms with Gasteiger partial charge in [-0.2, -0.15) is 9.78 Å². The van der Waals surface area contributed by atoms with Crippen molar-refractivity contribution < 1.29 is 14.3 Å². The molecule has 2 aromatic carbocycles. The fraction of sp³-hybridized carbons (Fsp3) is 0.200. The van der Waals surface area contributed by atoms with Crippen molar-refractivity contribution in [2.24, 2.45) is 0 Å². The van der Waals surface area contributed by atoms with Crippen molar-refractivity contribution in [2.75, 3.05) is 30.9 Å². The number of aryl methyl sites for hydroxylation is 1. The number of carbonyl (C=O) groups excluding carboxylic acids is 2. The highest BCUT2D eigenvalue weighted by atomic mass is 16.5. The van der Waals surface area contributed by atoms with Gasteiger partial charge < -0.3 is 15.0 Å². The molecule has 8 nitrogen and oxygen atoms in total. The molecule has 168 valence electrons. The third-order valence-electron chi connectivity index (χ3n) is 5.27. The van der Waals surface area contributed by atoms with Crippen molar-refractivity contribution in [3.8, 4) is 5.82 Å². The zero-order valence-corrected chi connectivity index (χ0v) is 19.0. The number of pyridine rings is 1. The summed E-state index contributed by atoms with van der Waals surface area (Å²) in [5.74, 6) is -0.248. The minimum atomic E-state index is -0.570. The van der Waals surface area contributed by atoms with E-state index in [1.54, 1.807) is 19.1 Å². The molecule has 33 heavy (non-hydrogen) atoms. The zero-order chi connectivity index (χ0) is 23.5. The molecule has 0 saturated carbocycles. The van der Waals surface area contributed by atoms with Crippen LogP contribution in [0.15, 0.2) is 60.8 Å². The molecule has 8 heteroatoms. The summed E-state index contributed by atoms with van der Waals surface area (Å²) < 4.78 is 6.63. The Kier molecular flexibility index (Phi) is 6.08. The molecule has 0 unspecified atom stereocenters. The van der Waals surface area contributed by atoms with Crippen molar-refractivity contribution in [1.82, 2.24) is 14.8 Å². The minimum Gasteiger partial charge on any atom is -0.462 e. The van der Waals surface area contributed by atoms with Gasteiger partial charge in [0.25, 0.3) is 5.91 Å². The number of benzene rings is 2. The second kappa shape index (κ2) is 9.12. The first-order valence-electron chi connectivity index (χ1n) is 10.6. The number of hydrogen-bond acceptors (Lipinski definition) is 6. The molecule has 0 aliphatic rings. The van der Waals surface area contributed by atoms with Crippen LogP contribution in [0.4, 0.5) is 11.5 Å². The molecule has 0 radical (unpaired) electrons. The van der Waals surface area contributed by atoms with E-state index in [-0.39, 0.29) is 23.9 Å². The summed E-state index contributed by atoms with van der Waals surface area (Å²) in [5, 5.41) is 8.21. The molecule has 0 spiro atoms. The Morgan fingerprint density at radius 1 is 1.09 bits per heavy atom. The highest BCUT2D eigenvalue weighted by molar-refractivity contribution is 6.07. The lowest BCUT2D eigenvalue weighted by Gasteiger charge is -2.14. The van der Waals surface area contributed by atoms with Crippen LogP contribution in [0.3, 0.4) is 0 Å². The average molecular weight is 444 g/mol. The Bertz CT molecular complexity index is 1330. The van der Waals surface area contributed by atoms with E-state index in [9.17, 15) is 9.59 Å². The van der Waals surface area contributed by atoms with Gasteiger partial charge in [-0.3, -0.25) is 4.79 Å². The lowest BCUT2D eigenvalue weighted by molar-refractivity contribution is 0.0527. The van der Waals surface area contributed by atoms with Crippen LogP contribution >= 0.6 is 0 Å². The molecule has 2 heterocycles. The van der Waals surface area contributed by atoms with Crippen LogP contribution < -0.4 is 10.2 Å². The average Bonchev–Trinajstić information content (AvgIpc) is 3.23. The third kappa shape index (κ3) is 4.41. The van der Waals surface area contributed by atoms with Gasteiger partial charge in [-0.15, -0.1) is 0 Å². The van der Waals surface area contributed by atoms with E-state index in [1.165, 1.54) is 10.9 Å². The van der Waals surface area contributed by atoms with E-state index in [0.29, 0.717) is 11.4 Å². The van der Waals surface area contributed by atoms with E-state index >= 15 is 0 Å². The second-order valence-electron chi connectivity index (χ2n) is 7.75. The topological polar surface area (TPSA) is 89.3 Å². The van der Waals surface area contributed by atoms with E-state index in [1.807, 2.05) is 68.4 Å². The summed E-state index contributed by atoms with van der Waals surface area (Å²) >= 11 is 0. The van der Waals surface area contributed by atoms with E-state index in [0.717, 1.165) is 22.2 Å². The maximum absolute atomic E-state index is 13.1. The van der Waals surface area contributed by atoms with Crippen molar-refractivity contribution in [3.63, 3.8) is 0 Å². The number of para-hydroxylation sites is 1. The number of anilines is 2. The molecule has 4 rings (SSSR count). The van der Waals surface area contributed by atoms with Gasteiger partial charge in [0.1, 0.15) is 5.56 Å². The molecule has 0 fully saturated rings. The number of nitrogens with one attached hydrogen (secondary N) is 1. The first kappa shape index (κ1) is 22.0. The van der Waals surface area contributed by atoms with Crippen LogP contribution in [0.2, 0.25) is 0 Å². The number of carbonyl (C=O) groups is 2. The lowest BCUT2D eigenvalue weighted by atomic mass is 10.1. The largest absolute Gasteiger partial charge is 0.462 e. The molecule has 0 bridgehead atoms.